The molecule has 1 atom stereocenters. The van der Waals surface area contributed by atoms with Gasteiger partial charge < -0.3 is 9.52 Å². The Balaban J connectivity index is 2.24. The zero-order chi connectivity index (χ0) is 13.9. The van der Waals surface area contributed by atoms with Gasteiger partial charge in [-0.1, -0.05) is 6.07 Å². The fraction of sp³-hybridized carbons (Fsp3) is 0.182. The molecule has 0 fully saturated rings. The molecule has 2 aromatic heterocycles. The van der Waals surface area contributed by atoms with Crippen LogP contribution in [0.4, 0.5) is 0 Å². The maximum absolute atomic E-state index is 12.0. The predicted molar refractivity (Wildman–Crippen MR) is 68.3 cm³/mol. The normalized spacial score (nSPS) is 13.3. The van der Waals surface area contributed by atoms with Gasteiger partial charge in [-0.3, -0.25) is 4.79 Å². The Morgan fingerprint density at radius 3 is 2.74 bits per heavy atom. The van der Waals surface area contributed by atoms with E-state index in [4.69, 9.17) is 9.52 Å². The van der Waals surface area contributed by atoms with Crippen LogP contribution >= 0.6 is 11.3 Å². The number of nitrogens with one attached hydrogen (secondary N) is 1. The Morgan fingerprint density at radius 2 is 2.21 bits per heavy atom. The molecule has 0 aliphatic carbocycles. The van der Waals surface area contributed by atoms with E-state index in [0.717, 1.165) is 11.3 Å². The molecule has 2 aromatic rings. The minimum Gasteiger partial charge on any atom is -0.481 e. The first-order valence-corrected chi connectivity index (χ1v) is 7.66. The van der Waals surface area contributed by atoms with Crippen molar-refractivity contribution in [2.75, 3.05) is 0 Å². The second-order valence-electron chi connectivity index (χ2n) is 3.72. The van der Waals surface area contributed by atoms with E-state index in [1.807, 2.05) is 0 Å². The molecule has 0 aromatic carbocycles. The molecule has 0 bridgehead atoms. The number of thiophene rings is 1. The Hall–Kier alpha value is -1.64. The number of carboxylic acids is 1. The van der Waals surface area contributed by atoms with Crippen LogP contribution in [-0.2, 0) is 14.8 Å². The quantitative estimate of drug-likeness (QED) is 0.848. The third-order valence-electron chi connectivity index (χ3n) is 2.32. The summed E-state index contributed by atoms with van der Waals surface area (Å²) in [6, 6.07) is 5.24. The van der Waals surface area contributed by atoms with Gasteiger partial charge in [-0.25, -0.2) is 8.42 Å². The molecule has 6 nitrogen and oxygen atoms in total. The molecule has 8 heteroatoms. The highest BCUT2D eigenvalue weighted by atomic mass is 32.2. The van der Waals surface area contributed by atoms with E-state index < -0.39 is 28.5 Å². The van der Waals surface area contributed by atoms with Gasteiger partial charge in [0.2, 0.25) is 0 Å². The van der Waals surface area contributed by atoms with Gasteiger partial charge in [-0.05, 0) is 23.6 Å². The molecule has 0 aliphatic heterocycles. The molecule has 0 saturated carbocycles. The van der Waals surface area contributed by atoms with Crippen LogP contribution in [0.1, 0.15) is 18.2 Å². The predicted octanol–water partition coefficient (Wildman–Crippen LogP) is 1.84. The molecule has 0 spiro atoms. The minimum absolute atomic E-state index is 0.134. The highest BCUT2D eigenvalue weighted by molar-refractivity contribution is 7.91. The van der Waals surface area contributed by atoms with Crippen molar-refractivity contribution < 1.29 is 22.7 Å². The van der Waals surface area contributed by atoms with Crippen LogP contribution in [0.5, 0.6) is 0 Å². The van der Waals surface area contributed by atoms with Crippen molar-refractivity contribution >= 4 is 27.3 Å². The van der Waals surface area contributed by atoms with Crippen molar-refractivity contribution in [3.05, 3.63) is 41.7 Å². The van der Waals surface area contributed by atoms with Crippen molar-refractivity contribution in [3.8, 4) is 0 Å². The number of furan rings is 1. The van der Waals surface area contributed by atoms with Gasteiger partial charge in [-0.2, -0.15) is 4.72 Å². The van der Waals surface area contributed by atoms with Gasteiger partial charge in [0, 0.05) is 0 Å². The largest absolute Gasteiger partial charge is 0.481 e. The third kappa shape index (κ3) is 3.43. The van der Waals surface area contributed by atoms with Crippen LogP contribution < -0.4 is 4.72 Å². The summed E-state index contributed by atoms with van der Waals surface area (Å²) < 4.78 is 31.6. The van der Waals surface area contributed by atoms with E-state index >= 15 is 0 Å². The second-order valence-corrected chi connectivity index (χ2v) is 6.61. The fourth-order valence-electron chi connectivity index (χ4n) is 1.53. The number of hydrogen-bond acceptors (Lipinski definition) is 5. The third-order valence-corrected chi connectivity index (χ3v) is 5.19. The Labute approximate surface area is 113 Å². The molecule has 102 valence electrons. The average molecular weight is 301 g/mol. The van der Waals surface area contributed by atoms with Crippen LogP contribution in [0.15, 0.2) is 44.5 Å². The van der Waals surface area contributed by atoms with E-state index in [1.54, 1.807) is 17.5 Å². The fourth-order valence-corrected chi connectivity index (χ4v) is 3.74. The topological polar surface area (TPSA) is 96.6 Å². The summed E-state index contributed by atoms with van der Waals surface area (Å²) in [5.41, 5.74) is 0. The lowest BCUT2D eigenvalue weighted by atomic mass is 10.2. The van der Waals surface area contributed by atoms with Crippen LogP contribution in [0.3, 0.4) is 0 Å². The zero-order valence-electron chi connectivity index (χ0n) is 9.65. The number of rotatable bonds is 6. The van der Waals surface area contributed by atoms with E-state index in [0.29, 0.717) is 0 Å². The number of carboxylic acid groups (broad SMARTS) is 1. The summed E-state index contributed by atoms with van der Waals surface area (Å²) in [6.07, 6.45) is 0.974. The van der Waals surface area contributed by atoms with Gasteiger partial charge in [-0.15, -0.1) is 11.3 Å². The molecule has 0 aliphatic rings. The smallest absolute Gasteiger partial charge is 0.305 e. The maximum atomic E-state index is 12.0. The minimum atomic E-state index is -3.74. The van der Waals surface area contributed by atoms with Crippen LogP contribution in [0.2, 0.25) is 0 Å². The summed E-state index contributed by atoms with van der Waals surface area (Å²) in [4.78, 5) is 10.8. The molecule has 2 rings (SSSR count). The van der Waals surface area contributed by atoms with Crippen molar-refractivity contribution in [1.82, 2.24) is 4.72 Å². The van der Waals surface area contributed by atoms with Crippen molar-refractivity contribution in [2.45, 2.75) is 16.7 Å². The van der Waals surface area contributed by atoms with Crippen LogP contribution in [0.25, 0.3) is 0 Å². The summed E-state index contributed by atoms with van der Waals surface area (Å²) >= 11 is 1.06. The van der Waals surface area contributed by atoms with Gasteiger partial charge in [0.1, 0.15) is 9.97 Å². The molecular weight excluding hydrogens is 290 g/mol. The highest BCUT2D eigenvalue weighted by Crippen LogP contribution is 2.22. The first-order chi connectivity index (χ1) is 8.99. The molecular formula is C11H11NO5S2. The van der Waals surface area contributed by atoms with Gasteiger partial charge in [0.25, 0.3) is 10.0 Å². The number of hydrogen-bond donors (Lipinski definition) is 2. The standard InChI is InChI=1S/C11H11NO5S2/c13-10(14)7-8(9-3-1-5-17-9)12-19(15,16)11-4-2-6-18-11/h1-6,8,12H,7H2,(H,13,14). The molecule has 19 heavy (non-hydrogen) atoms. The average Bonchev–Trinajstić information content (AvgIpc) is 3.01. The van der Waals surface area contributed by atoms with Crippen LogP contribution in [-0.4, -0.2) is 19.5 Å². The van der Waals surface area contributed by atoms with Crippen LogP contribution in [0, 0.1) is 0 Å². The van der Waals surface area contributed by atoms with Gasteiger partial charge in [0.05, 0.1) is 18.7 Å². The number of sulfonamides is 1. The monoisotopic (exact) mass is 301 g/mol. The van der Waals surface area contributed by atoms with E-state index in [2.05, 4.69) is 4.72 Å². The first-order valence-electron chi connectivity index (χ1n) is 5.30. The zero-order valence-corrected chi connectivity index (χ0v) is 11.3. The summed E-state index contributed by atoms with van der Waals surface area (Å²) in [5.74, 6) is -0.849. The van der Waals surface area contributed by atoms with Gasteiger partial charge >= 0.3 is 5.97 Å². The molecule has 0 radical (unpaired) electrons. The summed E-state index contributed by atoms with van der Waals surface area (Å²) in [7, 11) is -3.74. The van der Waals surface area contributed by atoms with Crippen molar-refractivity contribution in [1.29, 1.82) is 0 Å². The summed E-state index contributed by atoms with van der Waals surface area (Å²) in [5, 5.41) is 10.5. The van der Waals surface area contributed by atoms with E-state index in [1.165, 1.54) is 18.4 Å². The number of carbonyl (C=O) groups is 1. The number of aliphatic carboxylic acids is 1. The van der Waals surface area contributed by atoms with E-state index in [9.17, 15) is 13.2 Å². The lowest BCUT2D eigenvalue weighted by Crippen LogP contribution is -2.29. The van der Waals surface area contributed by atoms with E-state index in [-0.39, 0.29) is 9.97 Å². The Bertz CT molecular complexity index is 631. The highest BCUT2D eigenvalue weighted by Gasteiger charge is 2.25. The summed E-state index contributed by atoms with van der Waals surface area (Å²) in [6.45, 7) is 0. The second kappa shape index (κ2) is 5.55. The van der Waals surface area contributed by atoms with Crippen molar-refractivity contribution in [2.24, 2.45) is 0 Å². The molecule has 1 unspecified atom stereocenters. The molecule has 0 saturated heterocycles. The SMILES string of the molecule is O=C(O)CC(NS(=O)(=O)c1cccs1)c1ccco1. The Kier molecular flexibility index (Phi) is 4.03. The van der Waals surface area contributed by atoms with Gasteiger partial charge in [0.15, 0.2) is 0 Å². The molecule has 0 amide bonds. The Morgan fingerprint density at radius 1 is 1.42 bits per heavy atom. The molecule has 2 N–H and O–H groups in total. The maximum Gasteiger partial charge on any atom is 0.305 e. The van der Waals surface area contributed by atoms with Crippen molar-refractivity contribution in [3.63, 3.8) is 0 Å². The first kappa shape index (κ1) is 13.8. The lowest BCUT2D eigenvalue weighted by molar-refractivity contribution is -0.137. The molecule has 2 heterocycles. The lowest BCUT2D eigenvalue weighted by Gasteiger charge is -2.13.